The normalized spacial score (nSPS) is 23.0. The number of aromatic nitrogens is 2. The molecule has 0 aliphatic carbocycles. The molecule has 1 saturated heterocycles. The van der Waals surface area contributed by atoms with Crippen LogP contribution >= 0.6 is 11.6 Å². The lowest BCUT2D eigenvalue weighted by molar-refractivity contribution is -0.123. The Morgan fingerprint density at radius 3 is 2.88 bits per heavy atom. The fourth-order valence-corrected chi connectivity index (χ4v) is 4.73. The van der Waals surface area contributed by atoms with E-state index >= 15 is 0 Å². The molecule has 1 amide bonds. The number of carbonyl (C=O) groups is 1. The number of carbonyl (C=O) groups excluding carboxylic acids is 1. The summed E-state index contributed by atoms with van der Waals surface area (Å²) < 4.78 is 42.8. The molecule has 1 aromatic carbocycles. The van der Waals surface area contributed by atoms with Crippen LogP contribution in [0.3, 0.4) is 0 Å². The summed E-state index contributed by atoms with van der Waals surface area (Å²) >= 11 is 6.48. The maximum atomic E-state index is 12.2. The predicted molar refractivity (Wildman–Crippen MR) is 137 cm³/mol. The van der Waals surface area contributed by atoms with Gasteiger partial charge < -0.3 is 19.9 Å². The first kappa shape index (κ1) is 18.3. The molecule has 0 spiro atoms. The van der Waals surface area contributed by atoms with Gasteiger partial charge in [0.25, 0.3) is 5.91 Å². The molecule has 0 radical (unpaired) electrons. The highest BCUT2D eigenvalue weighted by Gasteiger charge is 2.25. The zero-order valence-electron chi connectivity index (χ0n) is 24.6. The minimum Gasteiger partial charge on any atom is -0.482 e. The first-order valence-corrected chi connectivity index (χ1v) is 11.6. The van der Waals surface area contributed by atoms with Crippen LogP contribution in [0.25, 0.3) is 6.08 Å². The van der Waals surface area contributed by atoms with Crippen LogP contribution in [0.4, 0.5) is 11.6 Å². The van der Waals surface area contributed by atoms with Gasteiger partial charge in [-0.05, 0) is 42.0 Å². The number of rotatable bonds is 6. The molecule has 2 atom stereocenters. The maximum absolute atomic E-state index is 12.2. The van der Waals surface area contributed by atoms with Gasteiger partial charge in [0.15, 0.2) is 6.56 Å². The Morgan fingerprint density at radius 1 is 1.38 bits per heavy atom. The number of benzene rings is 1. The van der Waals surface area contributed by atoms with Gasteiger partial charge in [0, 0.05) is 48.9 Å². The summed E-state index contributed by atoms with van der Waals surface area (Å²) in [6.45, 7) is 4.41. The van der Waals surface area contributed by atoms with Crippen molar-refractivity contribution in [3.63, 3.8) is 0 Å². The maximum Gasteiger partial charge on any atom is 0.257 e. The van der Waals surface area contributed by atoms with Crippen molar-refractivity contribution in [1.82, 2.24) is 15.3 Å². The smallest absolute Gasteiger partial charge is 0.257 e. The van der Waals surface area contributed by atoms with Gasteiger partial charge in [0.05, 0.1) is 25.4 Å². The fraction of sp³-hybridized carbons (Fsp3) is 0.423. The highest BCUT2D eigenvalue weighted by Crippen LogP contribution is 2.35. The summed E-state index contributed by atoms with van der Waals surface area (Å²) in [7, 11) is 1.74. The van der Waals surface area contributed by atoms with Crippen molar-refractivity contribution in [3.8, 4) is 0 Å². The molecule has 2 aliphatic rings. The molecule has 2 aliphatic heterocycles. The number of likely N-dealkylation sites (N-methyl/N-ethyl adjacent to an activating group) is 2. The SMILES string of the molecule is [2H]C([2H])([2H])NC(=O)C([2H])([2H])OC1=Cc2cc(Cc3nc(N4C[C@H](C)C[C@H](C)C4)ncc3Cl)ccc2N(C)C1=C. The highest BCUT2D eigenvalue weighted by molar-refractivity contribution is 6.31. The molecule has 7 nitrogen and oxygen atoms in total. The van der Waals surface area contributed by atoms with Gasteiger partial charge in [-0.15, -0.1) is 0 Å². The van der Waals surface area contributed by atoms with E-state index in [0.29, 0.717) is 46.2 Å². The van der Waals surface area contributed by atoms with Crippen molar-refractivity contribution in [1.29, 1.82) is 0 Å². The second kappa shape index (κ2) is 10.1. The van der Waals surface area contributed by atoms with Gasteiger partial charge in [-0.3, -0.25) is 4.79 Å². The molecular weight excluding hydrogens is 450 g/mol. The fourth-order valence-electron chi connectivity index (χ4n) is 4.57. The second-order valence-electron chi connectivity index (χ2n) is 9.06. The van der Waals surface area contributed by atoms with Gasteiger partial charge in [-0.25, -0.2) is 9.97 Å². The minimum atomic E-state index is -2.94. The van der Waals surface area contributed by atoms with Crippen LogP contribution in [-0.4, -0.2) is 49.5 Å². The number of halogens is 1. The lowest BCUT2D eigenvalue weighted by Crippen LogP contribution is -2.39. The summed E-state index contributed by atoms with van der Waals surface area (Å²) in [5.41, 5.74) is 3.41. The number of fused-ring (bicyclic) bond motifs is 1. The molecule has 1 fully saturated rings. The number of piperidine rings is 1. The number of amides is 1. The predicted octanol–water partition coefficient (Wildman–Crippen LogP) is 4.27. The summed E-state index contributed by atoms with van der Waals surface area (Å²) in [6, 6.07) is 5.76. The Balaban J connectivity index is 1.59. The Kier molecular flexibility index (Phi) is 5.41. The summed E-state index contributed by atoms with van der Waals surface area (Å²) in [4.78, 5) is 25.4. The van der Waals surface area contributed by atoms with Crippen molar-refractivity contribution < 1.29 is 16.4 Å². The van der Waals surface area contributed by atoms with Gasteiger partial charge in [0.1, 0.15) is 5.76 Å². The number of ether oxygens (including phenoxy) is 1. The third-order valence-corrected chi connectivity index (χ3v) is 6.44. The number of anilines is 2. The van der Waals surface area contributed by atoms with E-state index in [1.807, 2.05) is 18.2 Å². The van der Waals surface area contributed by atoms with Crippen LogP contribution in [0.2, 0.25) is 5.02 Å². The van der Waals surface area contributed by atoms with Crippen molar-refractivity contribution in [3.05, 3.63) is 64.3 Å². The van der Waals surface area contributed by atoms with E-state index in [4.69, 9.17) is 28.2 Å². The first-order chi connectivity index (χ1) is 18.1. The van der Waals surface area contributed by atoms with Gasteiger partial charge in [-0.1, -0.05) is 38.1 Å². The number of hydrogen-bond donors (Lipinski definition) is 1. The van der Waals surface area contributed by atoms with Crippen molar-refractivity contribution in [2.24, 2.45) is 11.8 Å². The quantitative estimate of drug-likeness (QED) is 0.657. The van der Waals surface area contributed by atoms with Gasteiger partial charge >= 0.3 is 0 Å². The number of hydrogen-bond acceptors (Lipinski definition) is 6. The van der Waals surface area contributed by atoms with E-state index in [1.54, 1.807) is 29.5 Å². The number of nitrogens with one attached hydrogen (secondary N) is 1. The topological polar surface area (TPSA) is 70.6 Å². The van der Waals surface area contributed by atoms with E-state index in [2.05, 4.69) is 30.3 Å². The Labute approximate surface area is 213 Å². The van der Waals surface area contributed by atoms with E-state index in [1.165, 1.54) is 6.42 Å². The Morgan fingerprint density at radius 2 is 2.15 bits per heavy atom. The Bertz CT molecular complexity index is 1310. The van der Waals surface area contributed by atoms with Crippen molar-refractivity contribution >= 4 is 35.2 Å². The third-order valence-electron chi connectivity index (χ3n) is 6.12. The summed E-state index contributed by atoms with van der Waals surface area (Å²) in [5.74, 6) is 0.360. The largest absolute Gasteiger partial charge is 0.482 e. The van der Waals surface area contributed by atoms with Crippen LogP contribution in [-0.2, 0) is 16.0 Å². The van der Waals surface area contributed by atoms with Crippen LogP contribution in [0.1, 0.15) is 43.9 Å². The zero-order valence-corrected chi connectivity index (χ0v) is 20.3. The van der Waals surface area contributed by atoms with Crippen molar-refractivity contribution in [2.75, 3.05) is 43.5 Å². The summed E-state index contributed by atoms with van der Waals surface area (Å²) in [6.07, 6.45) is 4.83. The highest BCUT2D eigenvalue weighted by atomic mass is 35.5. The molecule has 0 unspecified atom stereocenters. The molecule has 1 N–H and O–H groups in total. The molecule has 0 bridgehead atoms. The van der Waals surface area contributed by atoms with Crippen molar-refractivity contribution in [2.45, 2.75) is 26.7 Å². The lowest BCUT2D eigenvalue weighted by atomic mass is 9.92. The average Bonchev–Trinajstić information content (AvgIpc) is 2.82. The molecule has 1 aromatic heterocycles. The van der Waals surface area contributed by atoms with E-state index < -0.39 is 19.4 Å². The summed E-state index contributed by atoms with van der Waals surface area (Å²) in [5, 5.41) is 2.10. The molecule has 4 rings (SSSR count). The van der Waals surface area contributed by atoms with Gasteiger partial charge in [-0.2, -0.15) is 0 Å². The second-order valence-corrected chi connectivity index (χ2v) is 9.47. The third kappa shape index (κ3) is 5.20. The monoisotopic (exact) mass is 486 g/mol. The lowest BCUT2D eigenvalue weighted by Gasteiger charge is -2.35. The standard InChI is InChI=1S/C26H32ClN5O2/c1-16-8-17(2)14-32(13-16)26-29-12-21(27)22(30-26)10-19-6-7-23-20(9-19)11-24(18(3)31(23)5)34-15-25(33)28-4/h6-7,9,11-12,16-17H,3,8,10,13-15H2,1-2,4-5H3,(H,28,33)/t16-,17+/i4D3,15D2. The molecule has 3 heterocycles. The molecule has 34 heavy (non-hydrogen) atoms. The Hall–Kier alpha value is -3.06. The zero-order chi connectivity index (χ0) is 28.7. The van der Waals surface area contributed by atoms with E-state index in [0.717, 1.165) is 24.3 Å². The van der Waals surface area contributed by atoms with Crippen LogP contribution in [0.5, 0.6) is 0 Å². The van der Waals surface area contributed by atoms with Crippen LogP contribution in [0.15, 0.2) is 42.4 Å². The van der Waals surface area contributed by atoms with Crippen LogP contribution in [0, 0.1) is 11.8 Å². The molecular formula is C26H32ClN5O2. The molecule has 2 aromatic rings. The van der Waals surface area contributed by atoms with Crippen LogP contribution < -0.4 is 15.1 Å². The molecule has 180 valence electrons. The average molecular weight is 487 g/mol. The molecule has 0 saturated carbocycles. The number of nitrogens with zero attached hydrogens (tertiary/aromatic N) is 4. The molecule has 8 heteroatoms. The minimum absolute atomic E-state index is 0.00327. The van der Waals surface area contributed by atoms with E-state index in [-0.39, 0.29) is 5.76 Å². The van der Waals surface area contributed by atoms with E-state index in [9.17, 15) is 4.79 Å². The first-order valence-electron chi connectivity index (χ1n) is 13.7. The van der Waals surface area contributed by atoms with Gasteiger partial charge in [0.2, 0.25) is 5.95 Å².